The van der Waals surface area contributed by atoms with E-state index >= 15 is 0 Å². The molecule has 0 unspecified atom stereocenters. The standard InChI is InChI=1S/C21H22O4/c1-4-24-20(23)21(2,3)25-18-13-10-16(11-14-18)12-15-19(22)17-8-6-5-7-9-17/h5-15H,4H2,1-3H3. The zero-order valence-electron chi connectivity index (χ0n) is 14.7. The van der Waals surface area contributed by atoms with Gasteiger partial charge in [-0.3, -0.25) is 4.79 Å². The van der Waals surface area contributed by atoms with Gasteiger partial charge in [-0.25, -0.2) is 4.79 Å². The number of allylic oxidation sites excluding steroid dienone is 1. The second-order valence-electron chi connectivity index (χ2n) is 5.97. The van der Waals surface area contributed by atoms with E-state index in [2.05, 4.69) is 0 Å². The molecular weight excluding hydrogens is 316 g/mol. The van der Waals surface area contributed by atoms with Crippen molar-refractivity contribution in [3.8, 4) is 5.75 Å². The molecule has 2 rings (SSSR count). The lowest BCUT2D eigenvalue weighted by molar-refractivity contribution is -0.158. The van der Waals surface area contributed by atoms with E-state index in [1.54, 1.807) is 51.1 Å². The van der Waals surface area contributed by atoms with Gasteiger partial charge in [-0.1, -0.05) is 48.5 Å². The molecular formula is C21H22O4. The van der Waals surface area contributed by atoms with Crippen LogP contribution in [0.25, 0.3) is 6.08 Å². The number of esters is 1. The topological polar surface area (TPSA) is 52.6 Å². The van der Waals surface area contributed by atoms with Crippen LogP contribution in [0.15, 0.2) is 60.7 Å². The molecule has 25 heavy (non-hydrogen) atoms. The third-order valence-electron chi connectivity index (χ3n) is 3.51. The molecule has 4 nitrogen and oxygen atoms in total. The number of ketones is 1. The Morgan fingerprint density at radius 3 is 2.24 bits per heavy atom. The Kier molecular flexibility index (Phi) is 6.12. The molecule has 130 valence electrons. The van der Waals surface area contributed by atoms with E-state index < -0.39 is 11.6 Å². The largest absolute Gasteiger partial charge is 0.476 e. The van der Waals surface area contributed by atoms with Crippen LogP contribution in [0.4, 0.5) is 0 Å². The molecule has 0 N–H and O–H groups in total. The minimum atomic E-state index is -1.06. The molecule has 0 bridgehead atoms. The monoisotopic (exact) mass is 338 g/mol. The number of ether oxygens (including phenoxy) is 2. The van der Waals surface area contributed by atoms with Crippen LogP contribution in [0.1, 0.15) is 36.7 Å². The highest BCUT2D eigenvalue weighted by molar-refractivity contribution is 6.06. The van der Waals surface area contributed by atoms with Crippen molar-refractivity contribution in [2.75, 3.05) is 6.61 Å². The lowest BCUT2D eigenvalue weighted by atomic mass is 10.1. The van der Waals surface area contributed by atoms with Crippen LogP contribution in [-0.4, -0.2) is 24.0 Å². The summed E-state index contributed by atoms with van der Waals surface area (Å²) in [5.74, 6) is 0.0985. The van der Waals surface area contributed by atoms with Gasteiger partial charge in [0, 0.05) is 5.56 Å². The second-order valence-corrected chi connectivity index (χ2v) is 5.97. The van der Waals surface area contributed by atoms with Gasteiger partial charge in [0.25, 0.3) is 0 Å². The van der Waals surface area contributed by atoms with Crippen LogP contribution < -0.4 is 4.74 Å². The fourth-order valence-electron chi connectivity index (χ4n) is 2.16. The van der Waals surface area contributed by atoms with Crippen LogP contribution in [0, 0.1) is 0 Å². The Bertz CT molecular complexity index is 743. The Hall–Kier alpha value is -2.88. The van der Waals surface area contributed by atoms with E-state index in [4.69, 9.17) is 9.47 Å². The highest BCUT2D eigenvalue weighted by Crippen LogP contribution is 2.20. The summed E-state index contributed by atoms with van der Waals surface area (Å²) in [7, 11) is 0. The molecule has 0 aliphatic rings. The van der Waals surface area contributed by atoms with Gasteiger partial charge in [0.15, 0.2) is 11.4 Å². The average Bonchev–Trinajstić information content (AvgIpc) is 2.61. The molecule has 0 aliphatic carbocycles. The van der Waals surface area contributed by atoms with Crippen LogP contribution in [0.3, 0.4) is 0 Å². The smallest absolute Gasteiger partial charge is 0.349 e. The van der Waals surface area contributed by atoms with Gasteiger partial charge < -0.3 is 9.47 Å². The van der Waals surface area contributed by atoms with Crippen LogP contribution >= 0.6 is 0 Å². The molecule has 0 saturated heterocycles. The Morgan fingerprint density at radius 2 is 1.64 bits per heavy atom. The number of rotatable bonds is 7. The van der Waals surface area contributed by atoms with Crippen molar-refractivity contribution in [3.63, 3.8) is 0 Å². The molecule has 4 heteroatoms. The predicted octanol–water partition coefficient (Wildman–Crippen LogP) is 4.30. The minimum Gasteiger partial charge on any atom is -0.476 e. The summed E-state index contributed by atoms with van der Waals surface area (Å²) in [6, 6.07) is 16.3. The van der Waals surface area contributed by atoms with Gasteiger partial charge in [0.1, 0.15) is 5.75 Å². The minimum absolute atomic E-state index is 0.0515. The first kappa shape index (κ1) is 18.5. The van der Waals surface area contributed by atoms with Crippen LogP contribution in [-0.2, 0) is 9.53 Å². The zero-order chi connectivity index (χ0) is 18.3. The summed E-state index contributed by atoms with van der Waals surface area (Å²) in [5.41, 5.74) is 0.455. The number of carbonyl (C=O) groups is 2. The number of benzene rings is 2. The molecule has 2 aromatic rings. The first-order valence-corrected chi connectivity index (χ1v) is 8.16. The quantitative estimate of drug-likeness (QED) is 0.429. The number of carbonyl (C=O) groups excluding carboxylic acids is 2. The molecule has 0 radical (unpaired) electrons. The van der Waals surface area contributed by atoms with E-state index in [-0.39, 0.29) is 5.78 Å². The lowest BCUT2D eigenvalue weighted by Gasteiger charge is -2.24. The highest BCUT2D eigenvalue weighted by atomic mass is 16.6. The summed E-state index contributed by atoms with van der Waals surface area (Å²) < 4.78 is 10.7. The molecule has 0 aliphatic heterocycles. The van der Waals surface area contributed by atoms with Gasteiger partial charge in [0.2, 0.25) is 0 Å². The lowest BCUT2D eigenvalue weighted by Crippen LogP contribution is -2.39. The predicted molar refractivity (Wildman–Crippen MR) is 97.6 cm³/mol. The van der Waals surface area contributed by atoms with E-state index in [9.17, 15) is 9.59 Å². The van der Waals surface area contributed by atoms with Crippen LogP contribution in [0.2, 0.25) is 0 Å². The maximum absolute atomic E-state index is 12.0. The molecule has 0 atom stereocenters. The fourth-order valence-corrected chi connectivity index (χ4v) is 2.16. The first-order valence-electron chi connectivity index (χ1n) is 8.16. The molecule has 0 amide bonds. The Balaban J connectivity index is 2.01. The maximum Gasteiger partial charge on any atom is 0.349 e. The van der Waals surface area contributed by atoms with E-state index in [1.165, 1.54) is 6.08 Å². The summed E-state index contributed by atoms with van der Waals surface area (Å²) in [6.45, 7) is 5.39. The van der Waals surface area contributed by atoms with Crippen molar-refractivity contribution in [1.29, 1.82) is 0 Å². The summed E-state index contributed by atoms with van der Waals surface area (Å²) >= 11 is 0. The third kappa shape index (κ3) is 5.31. The van der Waals surface area contributed by atoms with Gasteiger partial charge >= 0.3 is 5.97 Å². The van der Waals surface area contributed by atoms with E-state index in [0.29, 0.717) is 17.9 Å². The molecule has 0 saturated carbocycles. The molecule has 0 heterocycles. The van der Waals surface area contributed by atoms with Gasteiger partial charge in [-0.2, -0.15) is 0 Å². The molecule has 0 spiro atoms. The fraction of sp³-hybridized carbons (Fsp3) is 0.238. The normalized spacial score (nSPS) is 11.3. The third-order valence-corrected chi connectivity index (χ3v) is 3.51. The summed E-state index contributed by atoms with van der Waals surface area (Å²) in [4.78, 5) is 23.9. The van der Waals surface area contributed by atoms with Gasteiger partial charge in [-0.15, -0.1) is 0 Å². The van der Waals surface area contributed by atoms with Crippen molar-refractivity contribution in [2.45, 2.75) is 26.4 Å². The van der Waals surface area contributed by atoms with Gasteiger partial charge in [-0.05, 0) is 44.5 Å². The first-order chi connectivity index (χ1) is 11.9. The second kappa shape index (κ2) is 8.29. The Morgan fingerprint density at radius 1 is 1.00 bits per heavy atom. The van der Waals surface area contributed by atoms with Crippen molar-refractivity contribution in [2.24, 2.45) is 0 Å². The summed E-state index contributed by atoms with van der Waals surface area (Å²) in [5, 5.41) is 0. The van der Waals surface area contributed by atoms with E-state index in [1.807, 2.05) is 30.3 Å². The van der Waals surface area contributed by atoms with Gasteiger partial charge in [0.05, 0.1) is 6.61 Å². The van der Waals surface area contributed by atoms with E-state index in [0.717, 1.165) is 5.56 Å². The maximum atomic E-state index is 12.0. The van der Waals surface area contributed by atoms with Crippen LogP contribution in [0.5, 0.6) is 5.75 Å². The number of hydrogen-bond acceptors (Lipinski definition) is 4. The number of hydrogen-bond donors (Lipinski definition) is 0. The zero-order valence-corrected chi connectivity index (χ0v) is 14.7. The average molecular weight is 338 g/mol. The SMILES string of the molecule is CCOC(=O)C(C)(C)Oc1ccc(C=CC(=O)c2ccccc2)cc1. The van der Waals surface area contributed by atoms with Crippen molar-refractivity contribution >= 4 is 17.8 Å². The molecule has 0 fully saturated rings. The summed E-state index contributed by atoms with van der Waals surface area (Å²) in [6.07, 6.45) is 3.28. The Labute approximate surface area is 148 Å². The van der Waals surface area contributed by atoms with Crippen molar-refractivity contribution in [1.82, 2.24) is 0 Å². The highest BCUT2D eigenvalue weighted by Gasteiger charge is 2.31. The van der Waals surface area contributed by atoms with Crippen molar-refractivity contribution < 1.29 is 19.1 Å². The molecule has 0 aromatic heterocycles. The van der Waals surface area contributed by atoms with Crippen molar-refractivity contribution in [3.05, 3.63) is 71.8 Å². The molecule has 2 aromatic carbocycles.